The summed E-state index contributed by atoms with van der Waals surface area (Å²) in [4.78, 5) is 44.5. The number of amides is 4. The minimum Gasteiger partial charge on any atom is -0.378 e. The number of benzene rings is 3. The molecule has 0 spiro atoms. The summed E-state index contributed by atoms with van der Waals surface area (Å²) in [6.07, 6.45) is 0. The minimum atomic E-state index is -0.491. The van der Waals surface area contributed by atoms with Crippen LogP contribution >= 0.6 is 0 Å². The molecule has 2 heterocycles. The van der Waals surface area contributed by atoms with Gasteiger partial charge in [0.05, 0.1) is 24.5 Å². The first-order valence-corrected chi connectivity index (χ1v) is 12.9. The largest absolute Gasteiger partial charge is 0.378 e. The number of piperazine rings is 1. The van der Waals surface area contributed by atoms with E-state index in [-0.39, 0.29) is 23.5 Å². The first-order chi connectivity index (χ1) is 19.0. The number of urea groups is 1. The third-order valence-electron chi connectivity index (χ3n) is 6.84. The summed E-state index contributed by atoms with van der Waals surface area (Å²) >= 11 is 0. The Balaban J connectivity index is 1.32. The monoisotopic (exact) mass is 531 g/mol. The van der Waals surface area contributed by atoms with Gasteiger partial charge >= 0.3 is 6.03 Å². The molecule has 2 saturated heterocycles. The van der Waals surface area contributed by atoms with E-state index in [2.05, 4.69) is 15.5 Å². The van der Waals surface area contributed by atoms with Crippen molar-refractivity contribution >= 4 is 34.9 Å². The van der Waals surface area contributed by atoms with E-state index in [1.807, 2.05) is 12.1 Å². The Morgan fingerprint density at radius 3 is 2.15 bits per heavy atom. The molecule has 4 amide bonds. The molecule has 2 fully saturated rings. The first-order valence-electron chi connectivity index (χ1n) is 12.9. The molecule has 2 aliphatic heterocycles. The molecule has 0 aromatic heterocycles. The van der Waals surface area contributed by atoms with Crippen molar-refractivity contribution in [1.29, 1.82) is 0 Å². The van der Waals surface area contributed by atoms with E-state index in [1.54, 1.807) is 58.3 Å². The molecule has 2 N–H and O–H groups in total. The van der Waals surface area contributed by atoms with Crippen molar-refractivity contribution in [3.63, 3.8) is 0 Å². The fourth-order valence-electron chi connectivity index (χ4n) is 4.70. The van der Waals surface area contributed by atoms with E-state index < -0.39 is 5.82 Å². The van der Waals surface area contributed by atoms with E-state index in [9.17, 15) is 18.8 Å². The van der Waals surface area contributed by atoms with Crippen molar-refractivity contribution in [2.45, 2.75) is 0 Å². The van der Waals surface area contributed by atoms with Gasteiger partial charge in [-0.05, 0) is 42.5 Å². The van der Waals surface area contributed by atoms with E-state index >= 15 is 0 Å². The van der Waals surface area contributed by atoms with Crippen LogP contribution in [0, 0.1) is 5.82 Å². The second kappa shape index (κ2) is 12.0. The predicted octanol–water partition coefficient (Wildman–Crippen LogP) is 3.90. The highest BCUT2D eigenvalue weighted by Crippen LogP contribution is 2.28. The summed E-state index contributed by atoms with van der Waals surface area (Å²) in [5.74, 6) is -0.887. The molecule has 0 saturated carbocycles. The quantitative estimate of drug-likeness (QED) is 0.521. The molecule has 2 aliphatic rings. The fourth-order valence-corrected chi connectivity index (χ4v) is 4.70. The van der Waals surface area contributed by atoms with Crippen LogP contribution in [0.4, 0.5) is 26.2 Å². The Labute approximate surface area is 226 Å². The number of carbonyl (C=O) groups is 3. The van der Waals surface area contributed by atoms with Gasteiger partial charge in [-0.25, -0.2) is 9.18 Å². The van der Waals surface area contributed by atoms with Gasteiger partial charge in [-0.15, -0.1) is 0 Å². The molecule has 3 aromatic rings. The molecule has 3 aromatic carbocycles. The van der Waals surface area contributed by atoms with Gasteiger partial charge in [0.2, 0.25) is 0 Å². The Morgan fingerprint density at radius 2 is 1.44 bits per heavy atom. The van der Waals surface area contributed by atoms with Crippen LogP contribution in [-0.4, -0.2) is 80.1 Å². The van der Waals surface area contributed by atoms with Crippen LogP contribution in [0.1, 0.15) is 20.7 Å². The van der Waals surface area contributed by atoms with Crippen molar-refractivity contribution in [3.05, 3.63) is 89.7 Å². The van der Waals surface area contributed by atoms with Crippen LogP contribution < -0.4 is 15.5 Å². The molecule has 39 heavy (non-hydrogen) atoms. The maximum absolute atomic E-state index is 14.0. The summed E-state index contributed by atoms with van der Waals surface area (Å²) in [5.41, 5.74) is 2.39. The number of anilines is 3. The summed E-state index contributed by atoms with van der Waals surface area (Å²) in [6, 6.07) is 19.9. The zero-order valence-electron chi connectivity index (χ0n) is 21.4. The maximum Gasteiger partial charge on any atom is 0.322 e. The van der Waals surface area contributed by atoms with Crippen LogP contribution in [0.3, 0.4) is 0 Å². The van der Waals surface area contributed by atoms with Crippen molar-refractivity contribution in [2.75, 3.05) is 68.0 Å². The second-order valence-corrected chi connectivity index (χ2v) is 9.34. The summed E-state index contributed by atoms with van der Waals surface area (Å²) in [7, 11) is 0. The molecule has 0 unspecified atom stereocenters. The lowest BCUT2D eigenvalue weighted by molar-refractivity contribution is 0.0303. The predicted molar refractivity (Wildman–Crippen MR) is 147 cm³/mol. The van der Waals surface area contributed by atoms with Gasteiger partial charge in [0, 0.05) is 56.2 Å². The number of hydrogen-bond acceptors (Lipinski definition) is 5. The number of hydrogen-bond donors (Lipinski definition) is 2. The molecule has 202 valence electrons. The normalized spacial score (nSPS) is 15.6. The highest BCUT2D eigenvalue weighted by Gasteiger charge is 2.27. The van der Waals surface area contributed by atoms with Gasteiger partial charge in [0.25, 0.3) is 11.8 Å². The molecule has 0 bridgehead atoms. The smallest absolute Gasteiger partial charge is 0.322 e. The Bertz CT molecular complexity index is 1340. The molecule has 0 radical (unpaired) electrons. The average molecular weight is 532 g/mol. The summed E-state index contributed by atoms with van der Waals surface area (Å²) in [6.45, 7) is 3.71. The van der Waals surface area contributed by atoms with E-state index in [0.29, 0.717) is 69.3 Å². The number of nitrogens with zero attached hydrogens (tertiary/aromatic N) is 3. The van der Waals surface area contributed by atoms with Crippen LogP contribution in [0.15, 0.2) is 72.8 Å². The summed E-state index contributed by atoms with van der Waals surface area (Å²) < 4.78 is 19.4. The minimum absolute atomic E-state index is 0.135. The topological polar surface area (TPSA) is 94.2 Å². The molecular weight excluding hydrogens is 501 g/mol. The van der Waals surface area contributed by atoms with Crippen molar-refractivity contribution in [3.8, 4) is 0 Å². The Morgan fingerprint density at radius 1 is 0.744 bits per heavy atom. The van der Waals surface area contributed by atoms with E-state index in [4.69, 9.17) is 4.74 Å². The van der Waals surface area contributed by atoms with E-state index in [0.717, 1.165) is 5.69 Å². The summed E-state index contributed by atoms with van der Waals surface area (Å²) in [5, 5.41) is 5.52. The van der Waals surface area contributed by atoms with Gasteiger partial charge in [-0.3, -0.25) is 9.59 Å². The fraction of sp³-hybridized carbons (Fsp3) is 0.276. The molecule has 10 heteroatoms. The molecular formula is C29H30FN5O4. The zero-order valence-corrected chi connectivity index (χ0v) is 21.4. The Kier molecular flexibility index (Phi) is 8.02. The average Bonchev–Trinajstić information content (AvgIpc) is 2.99. The van der Waals surface area contributed by atoms with Crippen molar-refractivity contribution in [1.82, 2.24) is 9.80 Å². The van der Waals surface area contributed by atoms with Crippen molar-refractivity contribution in [2.24, 2.45) is 0 Å². The zero-order chi connectivity index (χ0) is 27.2. The number of carbonyl (C=O) groups excluding carboxylic acids is 3. The lowest BCUT2D eigenvalue weighted by atomic mass is 10.1. The number of nitrogens with one attached hydrogen (secondary N) is 2. The number of ether oxygens (including phenoxy) is 1. The second-order valence-electron chi connectivity index (χ2n) is 9.34. The molecule has 9 nitrogen and oxygen atoms in total. The van der Waals surface area contributed by atoms with Crippen LogP contribution in [0.5, 0.6) is 0 Å². The third-order valence-corrected chi connectivity index (χ3v) is 6.84. The maximum atomic E-state index is 14.0. The lowest BCUT2D eigenvalue weighted by Gasteiger charge is -2.37. The highest BCUT2D eigenvalue weighted by atomic mass is 19.1. The standard InChI is InChI=1S/C29H30FN5O4/c30-24-8-4-5-9-25(24)32-29(38)35-14-12-33(13-15-35)26-11-10-22(31-27(36)21-6-2-1-3-7-21)20-23(26)28(37)34-16-18-39-19-17-34/h1-11,20H,12-19H2,(H,31,36)(H,32,38). The van der Waals surface area contributed by atoms with Gasteiger partial charge in [-0.2, -0.15) is 0 Å². The van der Waals surface area contributed by atoms with Crippen LogP contribution in [-0.2, 0) is 4.74 Å². The highest BCUT2D eigenvalue weighted by molar-refractivity contribution is 6.06. The van der Waals surface area contributed by atoms with Crippen molar-refractivity contribution < 1.29 is 23.5 Å². The lowest BCUT2D eigenvalue weighted by Crippen LogP contribution is -2.50. The van der Waals surface area contributed by atoms with Crippen LogP contribution in [0.25, 0.3) is 0 Å². The SMILES string of the molecule is O=C(Nc1ccc(N2CCN(C(=O)Nc3ccccc3F)CC2)c(C(=O)N2CCOCC2)c1)c1ccccc1. The number of halogens is 1. The van der Waals surface area contributed by atoms with Gasteiger partial charge in [-0.1, -0.05) is 30.3 Å². The first kappa shape index (κ1) is 26.2. The molecule has 0 atom stereocenters. The Hall–Kier alpha value is -4.44. The molecule has 0 aliphatic carbocycles. The van der Waals surface area contributed by atoms with Gasteiger partial charge in [0.1, 0.15) is 5.82 Å². The van der Waals surface area contributed by atoms with Crippen LogP contribution in [0.2, 0.25) is 0 Å². The number of para-hydroxylation sites is 1. The number of rotatable bonds is 5. The van der Waals surface area contributed by atoms with E-state index in [1.165, 1.54) is 12.1 Å². The van der Waals surface area contributed by atoms with Gasteiger partial charge < -0.3 is 30.1 Å². The number of morpholine rings is 1. The van der Waals surface area contributed by atoms with Gasteiger partial charge in [0.15, 0.2) is 0 Å². The molecule has 5 rings (SSSR count). The third kappa shape index (κ3) is 6.18.